The number of non-ortho nitro benzene ring substituents is 1. The lowest BCUT2D eigenvalue weighted by Crippen LogP contribution is -1.98. The van der Waals surface area contributed by atoms with Gasteiger partial charge in [0.15, 0.2) is 10.6 Å². The third-order valence-electron chi connectivity index (χ3n) is 4.13. The topological polar surface area (TPSA) is 86.0 Å². The number of hydrogen-bond acceptors (Lipinski definition) is 5. The van der Waals surface area contributed by atoms with Crippen LogP contribution in [0, 0.1) is 14.9 Å². The molecule has 0 fully saturated rings. The predicted molar refractivity (Wildman–Crippen MR) is 112 cm³/mol. The highest BCUT2D eigenvalue weighted by atomic mass is 35.5. The van der Waals surface area contributed by atoms with E-state index in [1.807, 2.05) is 30.3 Å². The molecule has 7 nitrogen and oxygen atoms in total. The lowest BCUT2D eigenvalue weighted by atomic mass is 10.2. The first-order valence-electron chi connectivity index (χ1n) is 8.47. The van der Waals surface area contributed by atoms with E-state index in [4.69, 9.17) is 28.6 Å². The summed E-state index contributed by atoms with van der Waals surface area (Å²) in [4.78, 5) is 10.3. The lowest BCUT2D eigenvalue weighted by Gasteiger charge is -2.09. The van der Waals surface area contributed by atoms with E-state index in [1.54, 1.807) is 34.9 Å². The Labute approximate surface area is 175 Å². The van der Waals surface area contributed by atoms with Gasteiger partial charge in [-0.25, -0.2) is 0 Å². The molecule has 0 aliphatic heterocycles. The average molecular weight is 425 g/mol. The second-order valence-corrected chi connectivity index (χ2v) is 6.87. The third-order valence-corrected chi connectivity index (χ3v) is 4.64. The van der Waals surface area contributed by atoms with Gasteiger partial charge in [-0.2, -0.15) is 5.10 Å². The molecule has 0 atom stereocenters. The highest BCUT2D eigenvalue weighted by molar-refractivity contribution is 7.71. The van der Waals surface area contributed by atoms with E-state index < -0.39 is 4.92 Å². The van der Waals surface area contributed by atoms with Crippen molar-refractivity contribution in [2.24, 2.45) is 0 Å². The van der Waals surface area contributed by atoms with Gasteiger partial charge in [0.1, 0.15) is 11.5 Å². The Balaban J connectivity index is 1.61. The van der Waals surface area contributed by atoms with E-state index in [0.29, 0.717) is 27.1 Å². The molecule has 9 heteroatoms. The second kappa shape index (κ2) is 7.86. The van der Waals surface area contributed by atoms with Crippen molar-refractivity contribution in [2.75, 3.05) is 0 Å². The van der Waals surface area contributed by atoms with Gasteiger partial charge in [-0.15, -0.1) is 0 Å². The van der Waals surface area contributed by atoms with Crippen molar-refractivity contribution in [3.05, 3.63) is 92.7 Å². The molecule has 0 bridgehead atoms. The number of hydrogen-bond donors (Lipinski definition) is 1. The summed E-state index contributed by atoms with van der Waals surface area (Å²) in [5.74, 6) is 1.73. The SMILES string of the molecule is O=[N+]([O-])c1ccc(Oc2ccc(-n3c(-c4cccc(Cl)c4)n[nH]c3=S)cc2)cc1. The molecular weight excluding hydrogens is 412 g/mol. The number of nitrogens with one attached hydrogen (secondary N) is 1. The standard InChI is InChI=1S/C20H13ClN4O3S/c21-14-3-1-2-13(12-14)19-22-23-20(29)24(19)15-4-8-17(9-5-15)28-18-10-6-16(7-11-18)25(26)27/h1-12H,(H,23,29). The first kappa shape index (κ1) is 18.9. The number of nitro benzene ring substituents is 1. The molecule has 1 N–H and O–H groups in total. The summed E-state index contributed by atoms with van der Waals surface area (Å²) in [6, 6.07) is 20.5. The number of benzene rings is 3. The Bertz CT molecular complexity index is 1230. The first-order valence-corrected chi connectivity index (χ1v) is 9.26. The van der Waals surface area contributed by atoms with Gasteiger partial charge < -0.3 is 4.74 Å². The van der Waals surface area contributed by atoms with Gasteiger partial charge in [-0.05, 0) is 60.7 Å². The van der Waals surface area contributed by atoms with Crippen LogP contribution in [0.15, 0.2) is 72.8 Å². The Morgan fingerprint density at radius 3 is 2.31 bits per heavy atom. The van der Waals surface area contributed by atoms with Crippen molar-refractivity contribution in [3.8, 4) is 28.6 Å². The molecule has 0 saturated carbocycles. The van der Waals surface area contributed by atoms with Crippen LogP contribution in [-0.4, -0.2) is 19.7 Å². The number of nitro groups is 1. The zero-order valence-corrected chi connectivity index (χ0v) is 16.4. The Hall–Kier alpha value is -3.49. The van der Waals surface area contributed by atoms with E-state index >= 15 is 0 Å². The molecule has 4 aromatic rings. The van der Waals surface area contributed by atoms with Crippen molar-refractivity contribution in [3.63, 3.8) is 0 Å². The molecule has 0 aliphatic rings. The van der Waals surface area contributed by atoms with Crippen molar-refractivity contribution in [1.82, 2.24) is 14.8 Å². The van der Waals surface area contributed by atoms with Crippen LogP contribution in [-0.2, 0) is 0 Å². The van der Waals surface area contributed by atoms with Crippen LogP contribution in [0.2, 0.25) is 5.02 Å². The summed E-state index contributed by atoms with van der Waals surface area (Å²) >= 11 is 11.5. The predicted octanol–water partition coefficient (Wildman–Crippen LogP) is 5.95. The van der Waals surface area contributed by atoms with Gasteiger partial charge in [0, 0.05) is 22.7 Å². The number of ether oxygens (including phenoxy) is 1. The van der Waals surface area contributed by atoms with E-state index in [-0.39, 0.29) is 5.69 Å². The van der Waals surface area contributed by atoms with Crippen molar-refractivity contribution >= 4 is 29.5 Å². The van der Waals surface area contributed by atoms with Crippen LogP contribution in [0.3, 0.4) is 0 Å². The third kappa shape index (κ3) is 4.03. The summed E-state index contributed by atoms with van der Waals surface area (Å²) in [6.07, 6.45) is 0. The largest absolute Gasteiger partial charge is 0.457 e. The zero-order chi connectivity index (χ0) is 20.4. The van der Waals surface area contributed by atoms with E-state index in [0.717, 1.165) is 11.3 Å². The van der Waals surface area contributed by atoms with Crippen LogP contribution in [0.25, 0.3) is 17.1 Å². The first-order chi connectivity index (χ1) is 14.0. The Morgan fingerprint density at radius 2 is 1.69 bits per heavy atom. The maximum absolute atomic E-state index is 10.7. The highest BCUT2D eigenvalue weighted by Crippen LogP contribution is 2.27. The fraction of sp³-hybridized carbons (Fsp3) is 0. The molecule has 0 unspecified atom stereocenters. The van der Waals surface area contributed by atoms with Gasteiger partial charge in [0.05, 0.1) is 10.6 Å². The summed E-state index contributed by atoms with van der Waals surface area (Å²) < 4.78 is 8.00. The highest BCUT2D eigenvalue weighted by Gasteiger charge is 2.12. The number of halogens is 1. The molecule has 0 radical (unpaired) electrons. The molecule has 29 heavy (non-hydrogen) atoms. The summed E-state index contributed by atoms with van der Waals surface area (Å²) in [7, 11) is 0. The minimum atomic E-state index is -0.454. The van der Waals surface area contributed by atoms with Gasteiger partial charge in [-0.1, -0.05) is 23.7 Å². The number of H-pyrrole nitrogens is 1. The molecule has 4 rings (SSSR count). The average Bonchev–Trinajstić information content (AvgIpc) is 3.10. The van der Waals surface area contributed by atoms with Crippen molar-refractivity contribution < 1.29 is 9.66 Å². The second-order valence-electron chi connectivity index (χ2n) is 6.05. The fourth-order valence-corrected chi connectivity index (χ4v) is 3.22. The summed E-state index contributed by atoms with van der Waals surface area (Å²) in [6.45, 7) is 0. The molecule has 144 valence electrons. The van der Waals surface area contributed by atoms with Crippen LogP contribution in [0.4, 0.5) is 5.69 Å². The Morgan fingerprint density at radius 1 is 1.03 bits per heavy atom. The van der Waals surface area contributed by atoms with Gasteiger partial charge in [-0.3, -0.25) is 19.8 Å². The molecule has 3 aromatic carbocycles. The van der Waals surface area contributed by atoms with Gasteiger partial charge in [0.2, 0.25) is 0 Å². The summed E-state index contributed by atoms with van der Waals surface area (Å²) in [5, 5.41) is 18.5. The number of aromatic amines is 1. The monoisotopic (exact) mass is 424 g/mol. The molecule has 0 aliphatic carbocycles. The summed E-state index contributed by atoms with van der Waals surface area (Å²) in [5.41, 5.74) is 1.64. The Kier molecular flexibility index (Phi) is 5.11. The molecule has 1 heterocycles. The van der Waals surface area contributed by atoms with Crippen LogP contribution < -0.4 is 4.74 Å². The molecular formula is C20H13ClN4O3S. The van der Waals surface area contributed by atoms with Gasteiger partial charge >= 0.3 is 0 Å². The number of rotatable bonds is 5. The quantitative estimate of drug-likeness (QED) is 0.243. The van der Waals surface area contributed by atoms with Gasteiger partial charge in [0.25, 0.3) is 5.69 Å². The zero-order valence-electron chi connectivity index (χ0n) is 14.8. The maximum atomic E-state index is 10.7. The van der Waals surface area contributed by atoms with Crippen LogP contribution in [0.5, 0.6) is 11.5 Å². The smallest absolute Gasteiger partial charge is 0.269 e. The molecule has 0 amide bonds. The van der Waals surface area contributed by atoms with Crippen LogP contribution >= 0.6 is 23.8 Å². The maximum Gasteiger partial charge on any atom is 0.269 e. The van der Waals surface area contributed by atoms with E-state index in [9.17, 15) is 10.1 Å². The normalized spacial score (nSPS) is 10.7. The van der Waals surface area contributed by atoms with Crippen LogP contribution in [0.1, 0.15) is 0 Å². The van der Waals surface area contributed by atoms with Crippen molar-refractivity contribution in [1.29, 1.82) is 0 Å². The fourth-order valence-electron chi connectivity index (χ4n) is 2.79. The van der Waals surface area contributed by atoms with E-state index in [1.165, 1.54) is 12.1 Å². The molecule has 0 saturated heterocycles. The van der Waals surface area contributed by atoms with E-state index in [2.05, 4.69) is 10.2 Å². The lowest BCUT2D eigenvalue weighted by molar-refractivity contribution is -0.384. The number of aromatic nitrogens is 3. The van der Waals surface area contributed by atoms with Crippen molar-refractivity contribution in [2.45, 2.75) is 0 Å². The minimum Gasteiger partial charge on any atom is -0.457 e. The molecule has 1 aromatic heterocycles. The number of nitrogens with zero attached hydrogens (tertiary/aromatic N) is 3. The minimum absolute atomic E-state index is 0.00979. The molecule has 0 spiro atoms.